The highest BCUT2D eigenvalue weighted by Crippen LogP contribution is 2.57. The van der Waals surface area contributed by atoms with Crippen molar-refractivity contribution in [2.24, 2.45) is 0 Å². The first-order chi connectivity index (χ1) is 26.8. The fourth-order valence-electron chi connectivity index (χ4n) is 5.68. The summed E-state index contributed by atoms with van der Waals surface area (Å²) in [5.74, 6) is -5.65. The van der Waals surface area contributed by atoms with Gasteiger partial charge in [0.05, 0.1) is 35.5 Å². The molecule has 7 rings (SSSR count). The van der Waals surface area contributed by atoms with Crippen LogP contribution in [-0.4, -0.2) is 82.9 Å². The maximum atomic E-state index is 13.6. The molecule has 0 unspecified atom stereocenters. The zero-order chi connectivity index (χ0) is 39.7. The monoisotopic (exact) mass is 766 g/mol. The van der Waals surface area contributed by atoms with E-state index in [-0.39, 0.29) is 82.6 Å². The molecule has 4 fully saturated rings. The number of esters is 4. The third-order valence-corrected chi connectivity index (χ3v) is 9.16. The van der Waals surface area contributed by atoms with Crippen molar-refractivity contribution in [2.45, 2.75) is 76.5 Å². The lowest BCUT2D eigenvalue weighted by Crippen LogP contribution is -2.16. The highest BCUT2D eigenvalue weighted by molar-refractivity contribution is 6.01. The van der Waals surface area contributed by atoms with Crippen LogP contribution in [0.2, 0.25) is 0 Å². The van der Waals surface area contributed by atoms with Crippen molar-refractivity contribution in [1.29, 1.82) is 0 Å². The Morgan fingerprint density at radius 1 is 0.446 bits per heavy atom. The van der Waals surface area contributed by atoms with E-state index in [1.54, 1.807) is 0 Å². The Balaban J connectivity index is 1.48. The predicted octanol–water partition coefficient (Wildman–Crippen LogP) is 5.43. The van der Waals surface area contributed by atoms with Gasteiger partial charge in [-0.1, -0.05) is 24.3 Å². The van der Waals surface area contributed by atoms with Crippen LogP contribution >= 0.6 is 0 Å². The number of phenolic OH excluding ortho intramolecular Hbond substituents is 2. The van der Waals surface area contributed by atoms with Gasteiger partial charge < -0.3 is 48.1 Å². The topological polar surface area (TPSA) is 196 Å². The second-order valence-corrected chi connectivity index (χ2v) is 13.5. The van der Waals surface area contributed by atoms with E-state index in [1.165, 1.54) is 72.8 Å². The van der Waals surface area contributed by atoms with Crippen LogP contribution in [0.5, 0.6) is 34.5 Å². The molecule has 14 nitrogen and oxygen atoms in total. The third-order valence-electron chi connectivity index (χ3n) is 9.16. The summed E-state index contributed by atoms with van der Waals surface area (Å²) < 4.78 is 45.6. The Morgan fingerprint density at radius 2 is 0.661 bits per heavy atom. The van der Waals surface area contributed by atoms with E-state index in [2.05, 4.69) is 0 Å². The summed E-state index contributed by atoms with van der Waals surface area (Å²) in [7, 11) is 0. The van der Waals surface area contributed by atoms with Crippen LogP contribution in [0.1, 0.15) is 27.7 Å². The lowest BCUT2D eigenvalue weighted by molar-refractivity contribution is -0.132. The molecule has 0 spiro atoms. The first kappa shape index (κ1) is 38.2. The maximum Gasteiger partial charge on any atom is 0.336 e. The Hall–Kier alpha value is -6.06. The molecule has 8 atom stereocenters. The van der Waals surface area contributed by atoms with Gasteiger partial charge in [-0.25, -0.2) is 19.2 Å². The minimum atomic E-state index is -0.930. The molecule has 4 aliphatic heterocycles. The van der Waals surface area contributed by atoms with Gasteiger partial charge in [0.25, 0.3) is 0 Å². The number of carbonyl (C=O) groups excluding carboxylic acids is 4. The van der Waals surface area contributed by atoms with E-state index in [9.17, 15) is 29.4 Å². The molecule has 4 heterocycles. The van der Waals surface area contributed by atoms with Crippen LogP contribution in [0.15, 0.2) is 97.1 Å². The van der Waals surface area contributed by atoms with Gasteiger partial charge in [0.15, 0.2) is 23.0 Å². The summed E-state index contributed by atoms with van der Waals surface area (Å²) in [4.78, 5) is 54.5. The minimum absolute atomic E-state index is 0.116. The zero-order valence-electron chi connectivity index (χ0n) is 30.6. The summed E-state index contributed by atoms with van der Waals surface area (Å²) in [5, 5.41) is 20.5. The summed E-state index contributed by atoms with van der Waals surface area (Å²) >= 11 is 0. The fraction of sp³-hybridized carbons (Fsp3) is 0.286. The molecule has 4 saturated heterocycles. The highest BCUT2D eigenvalue weighted by atomic mass is 16.6. The molecule has 56 heavy (non-hydrogen) atoms. The van der Waals surface area contributed by atoms with Crippen molar-refractivity contribution in [3.8, 4) is 56.8 Å². The van der Waals surface area contributed by atoms with Crippen molar-refractivity contribution in [1.82, 2.24) is 0 Å². The SMILES string of the molecule is C[C@@H]1O[C@H]1/C=C\C(=O)Oc1c(OC(=O)/C=C\[C@@H]2O[C@H]2C)c(-c2ccc(O)cc2)c(OC(=O)/C=C\[C@@H]2O[C@H]2C)c(OC(=O)/C=C\[C@@H]2O[C@H]2C)c1-c1ccc(O)cc1. The van der Waals surface area contributed by atoms with Crippen LogP contribution in [0.3, 0.4) is 0 Å². The molecule has 2 N–H and O–H groups in total. The minimum Gasteiger partial charge on any atom is -0.508 e. The van der Waals surface area contributed by atoms with Crippen LogP contribution in [0.4, 0.5) is 0 Å². The van der Waals surface area contributed by atoms with Gasteiger partial charge in [-0.2, -0.15) is 0 Å². The summed E-state index contributed by atoms with van der Waals surface area (Å²) in [6, 6.07) is 11.0. The van der Waals surface area contributed by atoms with Gasteiger partial charge in [-0.15, -0.1) is 0 Å². The number of aromatic hydroxyl groups is 2. The number of hydrogen-bond acceptors (Lipinski definition) is 14. The number of benzene rings is 3. The first-order valence-electron chi connectivity index (χ1n) is 17.9. The molecule has 3 aromatic carbocycles. The van der Waals surface area contributed by atoms with E-state index < -0.39 is 46.9 Å². The van der Waals surface area contributed by atoms with E-state index in [1.807, 2.05) is 27.7 Å². The predicted molar refractivity (Wildman–Crippen MR) is 197 cm³/mol. The van der Waals surface area contributed by atoms with Gasteiger partial charge >= 0.3 is 23.9 Å². The van der Waals surface area contributed by atoms with Crippen LogP contribution in [-0.2, 0) is 38.1 Å². The Kier molecular flexibility index (Phi) is 10.9. The smallest absolute Gasteiger partial charge is 0.336 e. The lowest BCUT2D eigenvalue weighted by Gasteiger charge is -2.24. The Bertz CT molecular complexity index is 1890. The third kappa shape index (κ3) is 9.41. The van der Waals surface area contributed by atoms with Crippen molar-refractivity contribution in [3.05, 3.63) is 97.1 Å². The van der Waals surface area contributed by atoms with Crippen LogP contribution < -0.4 is 18.9 Å². The number of carbonyl (C=O) groups is 4. The molecule has 290 valence electrons. The van der Waals surface area contributed by atoms with Crippen molar-refractivity contribution >= 4 is 23.9 Å². The second-order valence-electron chi connectivity index (χ2n) is 13.5. The summed E-state index contributed by atoms with van der Waals surface area (Å²) in [6.07, 6.45) is 8.75. The summed E-state index contributed by atoms with van der Waals surface area (Å²) in [5.41, 5.74) is 0.0240. The quantitative estimate of drug-likeness (QED) is 0.0913. The largest absolute Gasteiger partial charge is 0.508 e. The fourth-order valence-corrected chi connectivity index (χ4v) is 5.68. The van der Waals surface area contributed by atoms with E-state index in [4.69, 9.17) is 37.9 Å². The Morgan fingerprint density at radius 3 is 0.857 bits per heavy atom. The molecule has 0 radical (unpaired) electrons. The average Bonchev–Trinajstić information content (AvgIpc) is 4.06. The zero-order valence-corrected chi connectivity index (χ0v) is 30.6. The van der Waals surface area contributed by atoms with E-state index >= 15 is 0 Å². The standard InChI is InChI=1S/C42H38O14/c1-21-29(49-21)13-17-33(45)53-39-37(25-5-9-27(43)10-6-25)41(55-35(47)19-15-31-23(3)51-31)42(56-36(48)20-16-32-24(4)52-32)38(26-7-11-28(44)12-8-26)40(39)54-34(46)18-14-30-22(2)50-30/h5-24,29-32,43-44H,1-4H3/b17-13-,18-14-,19-15-,20-16-/t21-,22-,23-,24-,29-,30-,31-,32-/m0/s1. The van der Waals surface area contributed by atoms with Crippen molar-refractivity contribution < 1.29 is 67.3 Å². The average molecular weight is 767 g/mol. The van der Waals surface area contributed by atoms with Crippen molar-refractivity contribution in [2.75, 3.05) is 0 Å². The van der Waals surface area contributed by atoms with Crippen molar-refractivity contribution in [3.63, 3.8) is 0 Å². The lowest BCUT2D eigenvalue weighted by atomic mass is 9.94. The number of phenols is 2. The summed E-state index contributed by atoms with van der Waals surface area (Å²) in [6.45, 7) is 7.29. The molecule has 0 amide bonds. The van der Waals surface area contributed by atoms with E-state index in [0.29, 0.717) is 0 Å². The number of hydrogen-bond donors (Lipinski definition) is 2. The van der Waals surface area contributed by atoms with Gasteiger partial charge in [-0.05, 0) is 87.4 Å². The molecule has 0 bridgehead atoms. The van der Waals surface area contributed by atoms with Gasteiger partial charge in [-0.3, -0.25) is 0 Å². The molecular weight excluding hydrogens is 728 g/mol. The van der Waals surface area contributed by atoms with Crippen LogP contribution in [0.25, 0.3) is 22.3 Å². The van der Waals surface area contributed by atoms with Gasteiger partial charge in [0.1, 0.15) is 35.9 Å². The Labute approximate surface area is 321 Å². The molecule has 0 aromatic heterocycles. The molecule has 0 saturated carbocycles. The molecule has 0 aliphatic carbocycles. The number of ether oxygens (including phenoxy) is 8. The highest BCUT2D eigenvalue weighted by Gasteiger charge is 2.37. The first-order valence-corrected chi connectivity index (χ1v) is 17.9. The molecular formula is C42H38O14. The molecule has 14 heteroatoms. The van der Waals surface area contributed by atoms with Crippen LogP contribution in [0, 0.1) is 0 Å². The van der Waals surface area contributed by atoms with E-state index in [0.717, 1.165) is 24.3 Å². The normalized spacial score (nSPS) is 26.1. The molecule has 3 aromatic rings. The maximum absolute atomic E-state index is 13.6. The van der Waals surface area contributed by atoms with Gasteiger partial charge in [0, 0.05) is 24.3 Å². The number of epoxide rings is 4. The molecule has 4 aliphatic rings. The second kappa shape index (κ2) is 16.0. The number of rotatable bonds is 14. The van der Waals surface area contributed by atoms with Gasteiger partial charge in [0.2, 0.25) is 0 Å².